The van der Waals surface area contributed by atoms with Crippen LogP contribution in [0.5, 0.6) is 0 Å². The van der Waals surface area contributed by atoms with Crippen molar-refractivity contribution in [2.45, 2.75) is 0 Å². The molecule has 0 fully saturated rings. The maximum absolute atomic E-state index is 3.60. The normalized spacial score (nSPS) is 11.3. The van der Waals surface area contributed by atoms with E-state index in [2.05, 4.69) is 143 Å². The second kappa shape index (κ2) is 8.44. The van der Waals surface area contributed by atoms with E-state index in [0.29, 0.717) is 0 Å². The summed E-state index contributed by atoms with van der Waals surface area (Å²) in [5, 5.41) is 8.60. The SMILES string of the molecule is c1ccc(-c2ccc(Nc3ccc4c(c3)c3ccccc3n4-c3ccc4ccccc4c3)cc2)cc1. The lowest BCUT2D eigenvalue weighted by Gasteiger charge is -2.11. The van der Waals surface area contributed by atoms with Gasteiger partial charge in [-0.1, -0.05) is 91.0 Å². The maximum atomic E-state index is 3.60. The summed E-state index contributed by atoms with van der Waals surface area (Å²) in [4.78, 5) is 0. The zero-order chi connectivity index (χ0) is 23.9. The molecule has 0 radical (unpaired) electrons. The van der Waals surface area contributed by atoms with Crippen molar-refractivity contribution < 1.29 is 0 Å². The van der Waals surface area contributed by atoms with E-state index in [1.165, 1.54) is 49.4 Å². The summed E-state index contributed by atoms with van der Waals surface area (Å²) in [6, 6.07) is 49.7. The fraction of sp³-hybridized carbons (Fsp3) is 0. The number of fused-ring (bicyclic) bond motifs is 4. The third-order valence-corrected chi connectivity index (χ3v) is 6.94. The van der Waals surface area contributed by atoms with Crippen LogP contribution in [0.25, 0.3) is 49.4 Å². The van der Waals surface area contributed by atoms with Gasteiger partial charge in [0.05, 0.1) is 11.0 Å². The van der Waals surface area contributed by atoms with Crippen molar-refractivity contribution in [2.75, 3.05) is 5.32 Å². The van der Waals surface area contributed by atoms with Crippen molar-refractivity contribution in [2.24, 2.45) is 0 Å². The van der Waals surface area contributed by atoms with E-state index in [1.54, 1.807) is 0 Å². The molecule has 0 atom stereocenters. The van der Waals surface area contributed by atoms with E-state index >= 15 is 0 Å². The minimum Gasteiger partial charge on any atom is -0.356 e. The largest absolute Gasteiger partial charge is 0.356 e. The molecule has 0 bridgehead atoms. The van der Waals surface area contributed by atoms with Gasteiger partial charge < -0.3 is 9.88 Å². The Bertz CT molecular complexity index is 1840. The zero-order valence-electron chi connectivity index (χ0n) is 19.7. The van der Waals surface area contributed by atoms with Crippen LogP contribution in [-0.4, -0.2) is 4.57 Å². The molecule has 7 aromatic rings. The van der Waals surface area contributed by atoms with Crippen LogP contribution in [0.2, 0.25) is 0 Å². The van der Waals surface area contributed by atoms with Gasteiger partial charge >= 0.3 is 0 Å². The fourth-order valence-corrected chi connectivity index (χ4v) is 5.19. The van der Waals surface area contributed by atoms with Gasteiger partial charge in [0.2, 0.25) is 0 Å². The molecule has 1 heterocycles. The summed E-state index contributed by atoms with van der Waals surface area (Å²) in [6.45, 7) is 0. The summed E-state index contributed by atoms with van der Waals surface area (Å²) in [5.41, 5.74) is 8.20. The summed E-state index contributed by atoms with van der Waals surface area (Å²) in [6.07, 6.45) is 0. The van der Waals surface area contributed by atoms with Crippen molar-refractivity contribution >= 4 is 44.0 Å². The average molecular weight is 461 g/mol. The van der Waals surface area contributed by atoms with E-state index in [-0.39, 0.29) is 0 Å². The molecule has 170 valence electrons. The lowest BCUT2D eigenvalue weighted by atomic mass is 10.1. The molecule has 36 heavy (non-hydrogen) atoms. The molecular weight excluding hydrogens is 436 g/mol. The Morgan fingerprint density at radius 1 is 0.417 bits per heavy atom. The van der Waals surface area contributed by atoms with Crippen molar-refractivity contribution in [3.8, 4) is 16.8 Å². The van der Waals surface area contributed by atoms with Crippen LogP contribution in [0.4, 0.5) is 11.4 Å². The monoisotopic (exact) mass is 460 g/mol. The van der Waals surface area contributed by atoms with Gasteiger partial charge in [-0.25, -0.2) is 0 Å². The molecule has 0 aliphatic rings. The van der Waals surface area contributed by atoms with Gasteiger partial charge in [-0.3, -0.25) is 0 Å². The third-order valence-electron chi connectivity index (χ3n) is 6.94. The predicted octanol–water partition coefficient (Wildman–Crippen LogP) is 9.35. The van der Waals surface area contributed by atoms with Crippen LogP contribution >= 0.6 is 0 Å². The highest BCUT2D eigenvalue weighted by Gasteiger charge is 2.13. The predicted molar refractivity (Wildman–Crippen MR) is 153 cm³/mol. The molecule has 0 amide bonds. The lowest BCUT2D eigenvalue weighted by molar-refractivity contribution is 1.19. The number of aromatic nitrogens is 1. The minimum absolute atomic E-state index is 1.08. The van der Waals surface area contributed by atoms with E-state index in [1.807, 2.05) is 6.07 Å². The summed E-state index contributed by atoms with van der Waals surface area (Å²) >= 11 is 0. The second-order valence-electron chi connectivity index (χ2n) is 9.18. The van der Waals surface area contributed by atoms with Crippen LogP contribution in [-0.2, 0) is 0 Å². The van der Waals surface area contributed by atoms with E-state index in [4.69, 9.17) is 0 Å². The van der Waals surface area contributed by atoms with Crippen LogP contribution in [0.3, 0.4) is 0 Å². The fourth-order valence-electron chi connectivity index (χ4n) is 5.19. The molecule has 0 aliphatic carbocycles. The Morgan fingerprint density at radius 3 is 1.94 bits per heavy atom. The zero-order valence-corrected chi connectivity index (χ0v) is 19.7. The first-order chi connectivity index (χ1) is 17.8. The van der Waals surface area contributed by atoms with Crippen LogP contribution in [0, 0.1) is 0 Å². The van der Waals surface area contributed by atoms with Gasteiger partial charge in [-0.05, 0) is 70.4 Å². The number of hydrogen-bond acceptors (Lipinski definition) is 1. The molecule has 0 aliphatic heterocycles. The second-order valence-corrected chi connectivity index (χ2v) is 9.18. The van der Waals surface area contributed by atoms with Crippen molar-refractivity contribution in [1.82, 2.24) is 4.57 Å². The number of benzene rings is 6. The molecule has 0 saturated carbocycles. The first kappa shape index (κ1) is 20.5. The van der Waals surface area contributed by atoms with Gasteiger partial charge in [0.1, 0.15) is 0 Å². The number of rotatable bonds is 4. The Hall–Kier alpha value is -4.82. The number of nitrogens with one attached hydrogen (secondary N) is 1. The molecule has 1 N–H and O–H groups in total. The third kappa shape index (κ3) is 3.52. The highest BCUT2D eigenvalue weighted by molar-refractivity contribution is 6.10. The van der Waals surface area contributed by atoms with Gasteiger partial charge in [-0.15, -0.1) is 0 Å². The number of hydrogen-bond donors (Lipinski definition) is 1. The molecule has 0 saturated heterocycles. The molecule has 2 heteroatoms. The molecule has 6 aromatic carbocycles. The standard InChI is InChI=1S/C34H24N2/c1-2-8-24(9-3-1)26-14-17-28(18-15-26)35-29-19-21-34-32(23-29)31-12-6-7-13-33(31)36(34)30-20-16-25-10-4-5-11-27(25)22-30/h1-23,35H. The Kier molecular flexibility index (Phi) is 4.82. The number of para-hydroxylation sites is 1. The van der Waals surface area contributed by atoms with Crippen LogP contribution in [0.1, 0.15) is 0 Å². The highest BCUT2D eigenvalue weighted by atomic mass is 15.0. The van der Waals surface area contributed by atoms with Gasteiger partial charge in [0.15, 0.2) is 0 Å². The van der Waals surface area contributed by atoms with Crippen molar-refractivity contribution in [3.63, 3.8) is 0 Å². The summed E-state index contributed by atoms with van der Waals surface area (Å²) < 4.78 is 2.37. The van der Waals surface area contributed by atoms with Gasteiger partial charge in [0.25, 0.3) is 0 Å². The Labute approximate surface area is 210 Å². The Balaban J connectivity index is 1.30. The van der Waals surface area contributed by atoms with Crippen molar-refractivity contribution in [1.29, 1.82) is 0 Å². The minimum atomic E-state index is 1.08. The van der Waals surface area contributed by atoms with E-state index in [0.717, 1.165) is 11.4 Å². The van der Waals surface area contributed by atoms with Gasteiger partial charge in [-0.2, -0.15) is 0 Å². The lowest BCUT2D eigenvalue weighted by Crippen LogP contribution is -1.94. The molecule has 1 aromatic heterocycles. The first-order valence-corrected chi connectivity index (χ1v) is 12.3. The topological polar surface area (TPSA) is 17.0 Å². The van der Waals surface area contributed by atoms with Gasteiger partial charge in [0, 0.05) is 27.8 Å². The molecular formula is C34H24N2. The van der Waals surface area contributed by atoms with Crippen molar-refractivity contribution in [3.05, 3.63) is 140 Å². The van der Waals surface area contributed by atoms with Crippen LogP contribution in [0.15, 0.2) is 140 Å². The smallest absolute Gasteiger partial charge is 0.0542 e. The van der Waals surface area contributed by atoms with E-state index < -0.39 is 0 Å². The van der Waals surface area contributed by atoms with E-state index in [9.17, 15) is 0 Å². The molecule has 0 spiro atoms. The maximum Gasteiger partial charge on any atom is 0.0542 e. The van der Waals surface area contributed by atoms with Crippen LogP contribution < -0.4 is 5.32 Å². The summed E-state index contributed by atoms with van der Waals surface area (Å²) in [5.74, 6) is 0. The number of nitrogens with zero attached hydrogens (tertiary/aromatic N) is 1. The molecule has 0 unspecified atom stereocenters. The quantitative estimate of drug-likeness (QED) is 0.277. The molecule has 2 nitrogen and oxygen atoms in total. The first-order valence-electron chi connectivity index (χ1n) is 12.3. The number of anilines is 2. The highest BCUT2D eigenvalue weighted by Crippen LogP contribution is 2.35. The Morgan fingerprint density at radius 2 is 1.08 bits per heavy atom. The summed E-state index contributed by atoms with van der Waals surface area (Å²) in [7, 11) is 0. The average Bonchev–Trinajstić information content (AvgIpc) is 3.27. The molecule has 7 rings (SSSR count).